The minimum atomic E-state index is -4.88. The fourth-order valence-corrected chi connectivity index (χ4v) is 12.0. The van der Waals surface area contributed by atoms with Gasteiger partial charge in [0.05, 0.1) is 45.5 Å². The van der Waals surface area contributed by atoms with Crippen LogP contribution in [-0.4, -0.2) is 71.6 Å². The van der Waals surface area contributed by atoms with Crippen LogP contribution < -0.4 is 10.2 Å². The lowest BCUT2D eigenvalue weighted by Crippen LogP contribution is -2.38. The number of carbonyl (C=O) groups excluding carboxylic acids is 2. The van der Waals surface area contributed by atoms with Crippen molar-refractivity contribution < 1.29 is 54.5 Å². The Kier molecular flexibility index (Phi) is 17.6. The molecule has 1 N–H and O–H groups in total. The van der Waals surface area contributed by atoms with E-state index in [9.17, 15) is 35.9 Å². The summed E-state index contributed by atoms with van der Waals surface area (Å²) in [7, 11) is 0. The van der Waals surface area contributed by atoms with Crippen molar-refractivity contribution in [2.45, 2.75) is 113 Å². The highest BCUT2D eigenvalue weighted by atomic mass is 127. The molecule has 0 unspecified atom stereocenters. The molecule has 4 heterocycles. The van der Waals surface area contributed by atoms with Crippen LogP contribution in [0.2, 0.25) is 20.1 Å². The first-order valence-corrected chi connectivity index (χ1v) is 26.8. The molecule has 22 heteroatoms. The van der Waals surface area contributed by atoms with Gasteiger partial charge < -0.3 is 28.7 Å². The summed E-state index contributed by atoms with van der Waals surface area (Å²) in [6.07, 6.45) is -0.839. The van der Waals surface area contributed by atoms with Gasteiger partial charge in [-0.2, -0.15) is 26.3 Å². The molecular formula is C54H48BrCl4F6IN4O6. The number of aromatic nitrogens is 2. The normalized spacial score (nSPS) is 22.4. The van der Waals surface area contributed by atoms with Crippen molar-refractivity contribution >= 4 is 104 Å². The van der Waals surface area contributed by atoms with Gasteiger partial charge in [0, 0.05) is 86.5 Å². The number of ether oxygens (including phenoxy) is 2. The van der Waals surface area contributed by atoms with E-state index < -0.39 is 23.9 Å². The molecule has 4 bridgehead atoms. The number of benzene rings is 4. The van der Waals surface area contributed by atoms with Crippen molar-refractivity contribution in [2.24, 2.45) is 11.8 Å². The van der Waals surface area contributed by atoms with Crippen LogP contribution >= 0.6 is 86.3 Å². The molecule has 76 heavy (non-hydrogen) atoms. The molecule has 0 radical (unpaired) electrons. The Morgan fingerprint density at radius 2 is 1.08 bits per heavy atom. The number of carbonyl (C=O) groups is 2. The first-order chi connectivity index (χ1) is 35.8. The molecule has 12 rings (SSSR count). The lowest BCUT2D eigenvalue weighted by atomic mass is 10.0. The van der Waals surface area contributed by atoms with E-state index >= 15 is 0 Å². The van der Waals surface area contributed by atoms with Crippen LogP contribution in [0.3, 0.4) is 0 Å². The molecule has 4 saturated carbocycles. The molecule has 0 spiro atoms. The van der Waals surface area contributed by atoms with Gasteiger partial charge in [-0.1, -0.05) is 84.8 Å². The lowest BCUT2D eigenvalue weighted by molar-refractivity contribution is -0.0888. The van der Waals surface area contributed by atoms with Gasteiger partial charge >= 0.3 is 12.4 Å². The number of ketones is 2. The summed E-state index contributed by atoms with van der Waals surface area (Å²) in [4.78, 5) is 24.3. The van der Waals surface area contributed by atoms with Gasteiger partial charge in [0.1, 0.15) is 22.9 Å². The smallest absolute Gasteiger partial charge is 0.373 e. The van der Waals surface area contributed by atoms with E-state index in [1.807, 2.05) is 18.2 Å². The van der Waals surface area contributed by atoms with E-state index in [4.69, 9.17) is 64.9 Å². The highest BCUT2D eigenvalue weighted by molar-refractivity contribution is 14.0. The third-order valence-corrected chi connectivity index (χ3v) is 16.5. The molecule has 404 valence electrons. The van der Waals surface area contributed by atoms with Crippen LogP contribution in [-0.2, 0) is 22.7 Å². The topological polar surface area (TPSA) is 120 Å². The van der Waals surface area contributed by atoms with Crippen molar-refractivity contribution in [2.75, 3.05) is 18.0 Å². The summed E-state index contributed by atoms with van der Waals surface area (Å²) in [5, 5.41) is 14.4. The number of Topliss-reactive ketones (excluding diaryl/α,β-unsaturated/α-hetero) is 2. The predicted molar refractivity (Wildman–Crippen MR) is 290 cm³/mol. The average Bonchev–Trinajstić information content (AvgIpc) is 4.06. The molecular weight excluding hydrogens is 1260 g/mol. The predicted octanol–water partition coefficient (Wildman–Crippen LogP) is 16.1. The quantitative estimate of drug-likeness (QED) is 0.0680. The largest absolute Gasteiger partial charge is 0.454 e. The second-order valence-electron chi connectivity index (χ2n) is 19.8. The Bertz CT molecular complexity index is 3020. The molecule has 4 aliphatic carbocycles. The van der Waals surface area contributed by atoms with Crippen LogP contribution in [0.25, 0.3) is 22.5 Å². The molecule has 2 saturated heterocycles. The van der Waals surface area contributed by atoms with Gasteiger partial charge in [-0.3, -0.25) is 9.59 Å². The number of fused-ring (bicyclic) bond motifs is 4. The summed E-state index contributed by atoms with van der Waals surface area (Å²) in [6, 6.07) is 22.4. The van der Waals surface area contributed by atoms with Gasteiger partial charge in [0.15, 0.2) is 0 Å². The Balaban J connectivity index is 0.000000156. The maximum absolute atomic E-state index is 12.7. The minimum absolute atomic E-state index is 0. The second-order valence-corrected chi connectivity index (χ2v) is 22.3. The summed E-state index contributed by atoms with van der Waals surface area (Å²) in [5.74, 6) is -0.143. The Morgan fingerprint density at radius 1 is 0.632 bits per heavy atom. The van der Waals surface area contributed by atoms with Gasteiger partial charge in [-0.25, -0.2) is 0 Å². The number of rotatable bonds is 13. The maximum Gasteiger partial charge on any atom is 0.454 e. The zero-order valence-electron chi connectivity index (χ0n) is 40.0. The van der Waals surface area contributed by atoms with Gasteiger partial charge in [-0.15, -0.1) is 24.0 Å². The first kappa shape index (κ1) is 57.0. The highest BCUT2D eigenvalue weighted by Gasteiger charge is 2.47. The summed E-state index contributed by atoms with van der Waals surface area (Å²) in [6.45, 7) is 2.66. The molecule has 6 fully saturated rings. The minimum Gasteiger partial charge on any atom is -0.373 e. The number of hydrogen-bond acceptors (Lipinski definition) is 10. The van der Waals surface area contributed by atoms with Crippen LogP contribution in [0, 0.1) is 11.8 Å². The summed E-state index contributed by atoms with van der Waals surface area (Å²) in [5.41, 5.74) is 4.77. The molecule has 6 aromatic rings. The number of hydrogen-bond donors (Lipinski definition) is 1. The molecule has 2 aliphatic heterocycles. The van der Waals surface area contributed by atoms with E-state index in [-0.39, 0.29) is 53.2 Å². The first-order valence-electron chi connectivity index (χ1n) is 24.5. The number of nitrogens with one attached hydrogen (secondary N) is 1. The Labute approximate surface area is 478 Å². The molecule has 6 atom stereocenters. The standard InChI is InChI=1S/C27H23Cl2F3N2O3.C19H20Cl2N2O2.C8H4BrF3O.HI/c28-20-2-1-3-21(29)23(20)24-19(25(37-33-24)14-4-5-14)13-36-22-11-18-10-16(22)12-34(18)17-8-6-15(7-9-17)26(35)27(30,31)32;20-14-2-1-3-15(21)17(14)18-13(19(25-23-18)10-4-5-10)9-24-16-7-12-6-11(16)8-22-12;9-6-3-1-5(2-4-6)7(13)8(10,11)12;/h1-3,6-9,14,16,18,22H,4-5,10-13H2;1-3,10-12,16,22H,4-9H2;1-4H;1H/t16-,18-,22+;11-,12-,16+;;/m00../s1. The van der Waals surface area contributed by atoms with Crippen LogP contribution in [0.5, 0.6) is 0 Å². The number of nitrogens with zero attached hydrogens (tertiary/aromatic N) is 3. The summed E-state index contributed by atoms with van der Waals surface area (Å²) < 4.78 is 98.6. The van der Waals surface area contributed by atoms with Crippen molar-refractivity contribution in [1.29, 1.82) is 0 Å². The number of piperidine rings is 2. The monoisotopic (exact) mass is 1310 g/mol. The zero-order valence-corrected chi connectivity index (χ0v) is 47.0. The fourth-order valence-electron chi connectivity index (χ4n) is 10.6. The SMILES string of the molecule is Clc1cccc(Cl)c1-c1noc(C2CC2)c1CO[C@@H]1C[C@@H]2C[C@H]1CN2.I.O=C(c1ccc(Br)cc1)C(F)(F)F.O=C(c1ccc(N2C[C@@H]3C[C@H]2C[C@H]3OCc2c(-c3c(Cl)cccc3Cl)noc2C2CC2)cc1)C(F)(F)F. The molecule has 10 nitrogen and oxygen atoms in total. The van der Waals surface area contributed by atoms with Gasteiger partial charge in [0.25, 0.3) is 11.6 Å². The van der Waals surface area contributed by atoms with Crippen LogP contribution in [0.1, 0.15) is 107 Å². The van der Waals surface area contributed by atoms with Crippen molar-refractivity contribution in [3.05, 3.63) is 143 Å². The molecule has 2 aromatic heterocycles. The molecule has 6 aliphatic rings. The Morgan fingerprint density at radius 3 is 1.46 bits per heavy atom. The van der Waals surface area contributed by atoms with E-state index in [1.165, 1.54) is 30.7 Å². The van der Waals surface area contributed by atoms with Crippen LogP contribution in [0.4, 0.5) is 32.0 Å². The third-order valence-electron chi connectivity index (χ3n) is 14.7. The van der Waals surface area contributed by atoms with Crippen LogP contribution in [0.15, 0.2) is 98.4 Å². The maximum atomic E-state index is 12.7. The second kappa shape index (κ2) is 23.5. The van der Waals surface area contributed by atoms with E-state index in [1.54, 1.807) is 30.3 Å². The van der Waals surface area contributed by atoms with Crippen molar-refractivity contribution in [3.8, 4) is 22.5 Å². The third kappa shape index (κ3) is 12.6. The van der Waals surface area contributed by atoms with E-state index in [0.717, 1.165) is 110 Å². The lowest BCUT2D eigenvalue weighted by Gasteiger charge is -2.33. The number of anilines is 1. The Hall–Kier alpha value is -3.73. The van der Waals surface area contributed by atoms with E-state index in [2.05, 4.69) is 36.5 Å². The van der Waals surface area contributed by atoms with Crippen molar-refractivity contribution in [1.82, 2.24) is 15.6 Å². The highest BCUT2D eigenvalue weighted by Crippen LogP contribution is 2.49. The average molecular weight is 1310 g/mol. The molecule has 4 aromatic carbocycles. The van der Waals surface area contributed by atoms with Crippen molar-refractivity contribution in [3.63, 3.8) is 0 Å². The number of halogens is 12. The van der Waals surface area contributed by atoms with E-state index in [0.29, 0.717) is 78.9 Å². The molecule has 0 amide bonds. The van der Waals surface area contributed by atoms with Gasteiger partial charge in [0.2, 0.25) is 0 Å². The zero-order chi connectivity index (χ0) is 52.9. The fraction of sp³-hybridized carbons (Fsp3) is 0.407. The van der Waals surface area contributed by atoms with Gasteiger partial charge in [-0.05, 0) is 130 Å². The summed E-state index contributed by atoms with van der Waals surface area (Å²) >= 11 is 28.8. The number of alkyl halides is 6.